The van der Waals surface area contributed by atoms with Gasteiger partial charge in [-0.2, -0.15) is 5.10 Å². The first-order valence-electron chi connectivity index (χ1n) is 6.76. The molecule has 5 nitrogen and oxygen atoms in total. The largest absolute Gasteiger partial charge is 0.489 e. The Kier molecular flexibility index (Phi) is 6.63. The van der Waals surface area contributed by atoms with E-state index in [9.17, 15) is 4.79 Å². The van der Waals surface area contributed by atoms with Crippen molar-refractivity contribution in [1.82, 2.24) is 10.2 Å². The molecule has 0 saturated heterocycles. The van der Waals surface area contributed by atoms with Crippen LogP contribution in [0.5, 0.6) is 0 Å². The number of nitrogens with two attached hydrogens (primary N) is 1. The number of aromatic amines is 1. The standard InChI is InChI=1S/C17H21N3O2/c1-5-7-8-9-12(3)11-22-14(6-2)10-15-13(4)19-20-16(15)17(18)21/h5-10H,1-2,11H2,3-4H3,(H2,18,21)(H,19,20)/b8-7-,12-9+,14-10+. The number of hydrogen-bond donors (Lipinski definition) is 2. The number of ether oxygens (including phenoxy) is 1. The molecule has 1 heterocycles. The van der Waals surface area contributed by atoms with Crippen LogP contribution in [-0.2, 0) is 4.74 Å². The van der Waals surface area contributed by atoms with Crippen LogP contribution in [-0.4, -0.2) is 22.7 Å². The minimum absolute atomic E-state index is 0.182. The second-order valence-electron chi connectivity index (χ2n) is 4.65. The van der Waals surface area contributed by atoms with Gasteiger partial charge in [0.25, 0.3) is 5.91 Å². The lowest BCUT2D eigenvalue weighted by Crippen LogP contribution is -2.13. The number of rotatable bonds is 8. The lowest BCUT2D eigenvalue weighted by atomic mass is 10.1. The van der Waals surface area contributed by atoms with Crippen LogP contribution in [0.15, 0.2) is 54.9 Å². The van der Waals surface area contributed by atoms with E-state index in [1.807, 2.05) is 25.2 Å². The van der Waals surface area contributed by atoms with Crippen LogP contribution in [0, 0.1) is 6.92 Å². The first-order valence-corrected chi connectivity index (χ1v) is 6.76. The van der Waals surface area contributed by atoms with E-state index in [2.05, 4.69) is 23.4 Å². The minimum atomic E-state index is -0.593. The number of H-pyrrole nitrogens is 1. The van der Waals surface area contributed by atoms with Crippen LogP contribution in [0.2, 0.25) is 0 Å². The summed E-state index contributed by atoms with van der Waals surface area (Å²) in [5.41, 5.74) is 7.85. The number of carbonyl (C=O) groups is 1. The molecule has 5 heteroatoms. The fourth-order valence-electron chi connectivity index (χ4n) is 1.65. The van der Waals surface area contributed by atoms with E-state index in [0.29, 0.717) is 17.9 Å². The van der Waals surface area contributed by atoms with E-state index < -0.39 is 5.91 Å². The number of hydrogen-bond acceptors (Lipinski definition) is 3. The molecule has 3 N–H and O–H groups in total. The summed E-state index contributed by atoms with van der Waals surface area (Å²) in [6.07, 6.45) is 10.6. The molecule has 0 saturated carbocycles. The number of allylic oxidation sites excluding steroid dienone is 5. The van der Waals surface area contributed by atoms with Gasteiger partial charge in [0.05, 0.1) is 0 Å². The molecule has 0 aromatic carbocycles. The van der Waals surface area contributed by atoms with E-state index in [4.69, 9.17) is 10.5 Å². The maximum atomic E-state index is 11.3. The number of primary amides is 1. The van der Waals surface area contributed by atoms with Gasteiger partial charge in [0.15, 0.2) is 5.69 Å². The lowest BCUT2D eigenvalue weighted by molar-refractivity contribution is 0.0995. The number of amides is 1. The summed E-state index contributed by atoms with van der Waals surface area (Å²) < 4.78 is 5.67. The molecule has 0 atom stereocenters. The molecule has 0 fully saturated rings. The van der Waals surface area contributed by atoms with Gasteiger partial charge in [-0.1, -0.05) is 37.5 Å². The molecule has 116 valence electrons. The monoisotopic (exact) mass is 299 g/mol. The Morgan fingerprint density at radius 3 is 2.73 bits per heavy atom. The molecule has 1 aromatic heterocycles. The normalized spacial score (nSPS) is 12.5. The van der Waals surface area contributed by atoms with Gasteiger partial charge in [-0.3, -0.25) is 9.89 Å². The second-order valence-corrected chi connectivity index (χ2v) is 4.65. The van der Waals surface area contributed by atoms with Crippen molar-refractivity contribution >= 4 is 12.0 Å². The molecule has 1 aromatic rings. The van der Waals surface area contributed by atoms with Gasteiger partial charge in [0.2, 0.25) is 0 Å². The summed E-state index contributed by atoms with van der Waals surface area (Å²) >= 11 is 0. The first kappa shape index (κ1) is 17.2. The third kappa shape index (κ3) is 4.94. The molecule has 0 unspecified atom stereocenters. The number of aryl methyl sites for hydroxylation is 1. The molecule has 0 aliphatic carbocycles. The maximum absolute atomic E-state index is 11.3. The van der Waals surface area contributed by atoms with Crippen molar-refractivity contribution in [2.75, 3.05) is 6.61 Å². The van der Waals surface area contributed by atoms with E-state index in [-0.39, 0.29) is 5.69 Å². The Balaban J connectivity index is 2.88. The van der Waals surface area contributed by atoms with E-state index >= 15 is 0 Å². The van der Waals surface area contributed by atoms with Crippen LogP contribution in [0.4, 0.5) is 0 Å². The van der Waals surface area contributed by atoms with Gasteiger partial charge in [-0.15, -0.1) is 0 Å². The SMILES string of the molecule is C=C/C=C\C=C(/C)CO/C(C=C)=C/c1c(C(N)=O)n[nH]c1C. The summed E-state index contributed by atoms with van der Waals surface area (Å²) in [6.45, 7) is 11.5. The average Bonchev–Trinajstić information content (AvgIpc) is 2.84. The zero-order valence-corrected chi connectivity index (χ0v) is 12.9. The molecular formula is C17H21N3O2. The summed E-state index contributed by atoms with van der Waals surface area (Å²) in [7, 11) is 0. The van der Waals surface area contributed by atoms with Gasteiger partial charge in [0.1, 0.15) is 12.4 Å². The number of carbonyl (C=O) groups excluding carboxylic acids is 1. The van der Waals surface area contributed by atoms with Crippen LogP contribution >= 0.6 is 0 Å². The van der Waals surface area contributed by atoms with Gasteiger partial charge < -0.3 is 10.5 Å². The lowest BCUT2D eigenvalue weighted by Gasteiger charge is -2.07. The third-order valence-electron chi connectivity index (χ3n) is 2.81. The van der Waals surface area contributed by atoms with E-state index in [0.717, 1.165) is 11.3 Å². The minimum Gasteiger partial charge on any atom is -0.489 e. The van der Waals surface area contributed by atoms with Gasteiger partial charge in [0, 0.05) is 11.3 Å². The highest BCUT2D eigenvalue weighted by atomic mass is 16.5. The summed E-state index contributed by atoms with van der Waals surface area (Å²) in [5.74, 6) is -0.0582. The Morgan fingerprint density at radius 1 is 1.41 bits per heavy atom. The van der Waals surface area contributed by atoms with Crippen LogP contribution in [0.3, 0.4) is 0 Å². The Labute approximate surface area is 130 Å². The van der Waals surface area contributed by atoms with Crippen LogP contribution in [0.1, 0.15) is 28.7 Å². The highest BCUT2D eigenvalue weighted by Crippen LogP contribution is 2.16. The van der Waals surface area contributed by atoms with Crippen molar-refractivity contribution in [1.29, 1.82) is 0 Å². The topological polar surface area (TPSA) is 81.0 Å². The van der Waals surface area contributed by atoms with Gasteiger partial charge in [-0.05, 0) is 31.6 Å². The predicted molar refractivity (Wildman–Crippen MR) is 89.1 cm³/mol. The first-order chi connectivity index (χ1) is 10.5. The molecule has 0 radical (unpaired) electrons. The summed E-state index contributed by atoms with van der Waals surface area (Å²) in [6, 6.07) is 0. The second kappa shape index (κ2) is 8.46. The highest BCUT2D eigenvalue weighted by Gasteiger charge is 2.13. The molecule has 1 rings (SSSR count). The molecular weight excluding hydrogens is 278 g/mol. The van der Waals surface area contributed by atoms with Gasteiger partial charge in [-0.25, -0.2) is 0 Å². The van der Waals surface area contributed by atoms with Crippen molar-refractivity contribution in [3.8, 4) is 0 Å². The molecule has 1 amide bonds. The summed E-state index contributed by atoms with van der Waals surface area (Å²) in [5, 5.41) is 6.62. The fraction of sp³-hybridized carbons (Fsp3) is 0.176. The predicted octanol–water partition coefficient (Wildman–Crippen LogP) is 3.05. The molecule has 0 spiro atoms. The molecule has 0 bridgehead atoms. The summed E-state index contributed by atoms with van der Waals surface area (Å²) in [4.78, 5) is 11.3. The van der Waals surface area contributed by atoms with Crippen molar-refractivity contribution in [2.24, 2.45) is 5.73 Å². The smallest absolute Gasteiger partial charge is 0.269 e. The number of nitrogens with one attached hydrogen (secondary N) is 1. The van der Waals surface area contributed by atoms with Crippen molar-refractivity contribution in [2.45, 2.75) is 13.8 Å². The Morgan fingerprint density at radius 2 is 2.14 bits per heavy atom. The fourth-order valence-corrected chi connectivity index (χ4v) is 1.65. The maximum Gasteiger partial charge on any atom is 0.269 e. The number of aromatic nitrogens is 2. The van der Waals surface area contributed by atoms with Crippen molar-refractivity contribution < 1.29 is 9.53 Å². The molecule has 0 aliphatic rings. The Bertz CT molecular complexity index is 649. The van der Waals surface area contributed by atoms with E-state index in [1.54, 1.807) is 25.2 Å². The van der Waals surface area contributed by atoms with Gasteiger partial charge >= 0.3 is 0 Å². The Hall–Kier alpha value is -2.82. The van der Waals surface area contributed by atoms with Crippen molar-refractivity contribution in [3.05, 3.63) is 71.8 Å². The quantitative estimate of drug-likeness (QED) is 0.572. The molecule has 0 aliphatic heterocycles. The molecule has 22 heavy (non-hydrogen) atoms. The number of nitrogens with zero attached hydrogens (tertiary/aromatic N) is 1. The zero-order valence-electron chi connectivity index (χ0n) is 12.9. The van der Waals surface area contributed by atoms with Crippen LogP contribution in [0.25, 0.3) is 6.08 Å². The van der Waals surface area contributed by atoms with E-state index in [1.165, 1.54) is 0 Å². The van der Waals surface area contributed by atoms with Crippen LogP contribution < -0.4 is 5.73 Å². The average molecular weight is 299 g/mol. The third-order valence-corrected chi connectivity index (χ3v) is 2.81. The van der Waals surface area contributed by atoms with Crippen molar-refractivity contribution in [3.63, 3.8) is 0 Å². The highest BCUT2D eigenvalue weighted by molar-refractivity contribution is 5.95. The zero-order chi connectivity index (χ0) is 16.5.